The second-order valence-electron chi connectivity index (χ2n) is 12.5. The Morgan fingerprint density at radius 2 is 1.93 bits per heavy atom. The first-order valence-electron chi connectivity index (χ1n) is 15.2. The van der Waals surface area contributed by atoms with Crippen molar-refractivity contribution in [3.8, 4) is 12.1 Å². The molecule has 3 atom stereocenters. The molecule has 9 nitrogen and oxygen atoms in total. The molecule has 4 heterocycles. The number of rotatable bonds is 6. The highest BCUT2D eigenvalue weighted by atomic mass is 19.1. The molecule has 226 valence electrons. The van der Waals surface area contributed by atoms with Gasteiger partial charge >= 0.3 is 6.01 Å². The van der Waals surface area contributed by atoms with Crippen molar-refractivity contribution in [2.75, 3.05) is 56.2 Å². The van der Waals surface area contributed by atoms with Crippen molar-refractivity contribution in [1.82, 2.24) is 19.8 Å². The molecule has 0 spiro atoms. The van der Waals surface area contributed by atoms with Gasteiger partial charge in [-0.25, -0.2) is 4.39 Å². The van der Waals surface area contributed by atoms with Gasteiger partial charge in [-0.3, -0.25) is 9.69 Å². The second kappa shape index (κ2) is 11.6. The summed E-state index contributed by atoms with van der Waals surface area (Å²) in [5.74, 6) is 0.796. The number of carbonyl (C=O) groups excluding carboxylic acids is 1. The molecule has 1 aromatic heterocycles. The van der Waals surface area contributed by atoms with E-state index >= 15 is 0 Å². The minimum Gasteiger partial charge on any atom is -0.462 e. The van der Waals surface area contributed by atoms with Gasteiger partial charge in [0.05, 0.1) is 30.8 Å². The van der Waals surface area contributed by atoms with E-state index in [2.05, 4.69) is 59.2 Å². The molecule has 0 radical (unpaired) electrons. The average molecular weight is 586 g/mol. The number of benzene rings is 2. The molecule has 3 aliphatic rings. The minimum atomic E-state index is -1.24. The predicted octanol–water partition coefficient (Wildman–Crippen LogP) is 4.26. The Morgan fingerprint density at radius 3 is 2.65 bits per heavy atom. The van der Waals surface area contributed by atoms with Crippen molar-refractivity contribution in [3.05, 3.63) is 53.2 Å². The second-order valence-corrected chi connectivity index (χ2v) is 12.5. The van der Waals surface area contributed by atoms with Crippen molar-refractivity contribution in [3.63, 3.8) is 0 Å². The van der Waals surface area contributed by atoms with Crippen LogP contribution in [0.5, 0.6) is 6.01 Å². The molecule has 3 aromatic rings. The number of ether oxygens (including phenoxy) is 1. The number of amides is 1. The fourth-order valence-electron chi connectivity index (χ4n) is 7.15. The van der Waals surface area contributed by atoms with E-state index in [1.165, 1.54) is 22.0 Å². The minimum absolute atomic E-state index is 0.0183. The predicted molar refractivity (Wildman–Crippen MR) is 165 cm³/mol. The number of anilines is 2. The van der Waals surface area contributed by atoms with Crippen LogP contribution in [0.15, 0.2) is 36.4 Å². The fraction of sp³-hybridized carbons (Fsp3) is 0.515. The number of hydrogen-bond acceptors (Lipinski definition) is 8. The lowest BCUT2D eigenvalue weighted by molar-refractivity contribution is -0.131. The number of fused-ring (bicyclic) bond motifs is 2. The summed E-state index contributed by atoms with van der Waals surface area (Å²) in [7, 11) is 1.92. The van der Waals surface area contributed by atoms with Gasteiger partial charge in [0.25, 0.3) is 0 Å². The normalized spacial score (nSPS) is 24.2. The number of aryl methyl sites for hydroxylation is 1. The van der Waals surface area contributed by atoms with Gasteiger partial charge in [0.15, 0.2) is 0 Å². The standard InChI is InChI=1S/C33H40FN7O2/c1-22-7-5-8-24-9-6-10-29(30(22)24)39-14-12-27-28(19-39)36-32(43-20-26-17-33(3,34)21-38(26)4)37-31(27)40-15-16-41(23(2)42)25(18-40)11-13-35/h5-10,25-26H,11-12,14-21H2,1-4H3/t25-,26-,33?/m0/s1. The zero-order valence-electron chi connectivity index (χ0n) is 25.5. The summed E-state index contributed by atoms with van der Waals surface area (Å²) in [5.41, 5.74) is 3.18. The van der Waals surface area contributed by atoms with Crippen LogP contribution in [-0.4, -0.2) is 89.8 Å². The smallest absolute Gasteiger partial charge is 0.318 e. The van der Waals surface area contributed by atoms with Crippen molar-refractivity contribution in [1.29, 1.82) is 5.26 Å². The monoisotopic (exact) mass is 585 g/mol. The lowest BCUT2D eigenvalue weighted by atomic mass is 9.99. The van der Waals surface area contributed by atoms with Gasteiger partial charge in [-0.15, -0.1) is 0 Å². The Hall–Kier alpha value is -3.97. The summed E-state index contributed by atoms with van der Waals surface area (Å²) in [6, 6.07) is 15.1. The molecular formula is C33H40FN7O2. The number of likely N-dealkylation sites (tertiary alicyclic amines) is 1. The molecule has 43 heavy (non-hydrogen) atoms. The Labute approximate surface area is 252 Å². The van der Waals surface area contributed by atoms with Crippen molar-refractivity contribution in [2.45, 2.75) is 64.3 Å². The van der Waals surface area contributed by atoms with E-state index < -0.39 is 5.67 Å². The molecular weight excluding hydrogens is 545 g/mol. The Kier molecular flexibility index (Phi) is 7.86. The molecule has 3 aliphatic heterocycles. The molecule has 0 saturated carbocycles. The van der Waals surface area contributed by atoms with Gasteiger partial charge in [0, 0.05) is 68.7 Å². The van der Waals surface area contributed by atoms with Gasteiger partial charge in [-0.05, 0) is 44.3 Å². The van der Waals surface area contributed by atoms with E-state index in [9.17, 15) is 14.4 Å². The molecule has 2 aromatic carbocycles. The first kappa shape index (κ1) is 29.1. The van der Waals surface area contributed by atoms with Gasteiger partial charge in [0.2, 0.25) is 5.91 Å². The van der Waals surface area contributed by atoms with Crippen molar-refractivity contribution < 1.29 is 13.9 Å². The van der Waals surface area contributed by atoms with Crippen molar-refractivity contribution >= 4 is 28.2 Å². The first-order valence-corrected chi connectivity index (χ1v) is 15.2. The first-order chi connectivity index (χ1) is 20.6. The number of likely N-dealkylation sites (N-methyl/N-ethyl adjacent to an activating group) is 1. The summed E-state index contributed by atoms with van der Waals surface area (Å²) in [6.07, 6.45) is 1.42. The van der Waals surface area contributed by atoms with E-state index in [4.69, 9.17) is 14.7 Å². The van der Waals surface area contributed by atoms with E-state index in [1.807, 2.05) is 11.9 Å². The van der Waals surface area contributed by atoms with Crippen LogP contribution in [0.3, 0.4) is 0 Å². The molecule has 1 amide bonds. The Morgan fingerprint density at radius 1 is 1.14 bits per heavy atom. The molecule has 2 fully saturated rings. The summed E-state index contributed by atoms with van der Waals surface area (Å²) in [6.45, 7) is 9.10. The lowest BCUT2D eigenvalue weighted by Crippen LogP contribution is -2.55. The average Bonchev–Trinajstić information content (AvgIpc) is 3.25. The molecule has 2 saturated heterocycles. The van der Waals surface area contributed by atoms with Gasteiger partial charge < -0.3 is 19.4 Å². The van der Waals surface area contributed by atoms with Gasteiger partial charge in [-0.2, -0.15) is 15.2 Å². The highest BCUT2D eigenvalue weighted by Gasteiger charge is 2.40. The molecule has 0 bridgehead atoms. The van der Waals surface area contributed by atoms with Crippen LogP contribution in [0.25, 0.3) is 10.8 Å². The third kappa shape index (κ3) is 5.83. The molecule has 10 heteroatoms. The third-order valence-electron chi connectivity index (χ3n) is 9.24. The van der Waals surface area contributed by atoms with E-state index in [1.54, 1.807) is 18.7 Å². The van der Waals surface area contributed by atoms with E-state index in [0.29, 0.717) is 45.8 Å². The zero-order valence-corrected chi connectivity index (χ0v) is 25.5. The number of hydrogen-bond donors (Lipinski definition) is 0. The summed E-state index contributed by atoms with van der Waals surface area (Å²) >= 11 is 0. The van der Waals surface area contributed by atoms with Crippen LogP contribution in [0, 0.1) is 18.3 Å². The summed E-state index contributed by atoms with van der Waals surface area (Å²) in [5, 5.41) is 11.9. The number of halogens is 1. The van der Waals surface area contributed by atoms with Gasteiger partial charge in [-0.1, -0.05) is 30.3 Å². The number of nitriles is 1. The maximum Gasteiger partial charge on any atom is 0.318 e. The summed E-state index contributed by atoms with van der Waals surface area (Å²) in [4.78, 5) is 30.5. The number of piperazine rings is 1. The van der Waals surface area contributed by atoms with Crippen LogP contribution in [0.2, 0.25) is 0 Å². The number of aromatic nitrogens is 2. The molecule has 0 aliphatic carbocycles. The lowest BCUT2D eigenvalue weighted by Gasteiger charge is -2.42. The van der Waals surface area contributed by atoms with Crippen molar-refractivity contribution in [2.24, 2.45) is 0 Å². The highest BCUT2D eigenvalue weighted by molar-refractivity contribution is 5.97. The maximum atomic E-state index is 14.7. The quantitative estimate of drug-likeness (QED) is 0.424. The largest absolute Gasteiger partial charge is 0.462 e. The van der Waals surface area contributed by atoms with E-state index in [0.717, 1.165) is 30.0 Å². The molecule has 1 unspecified atom stereocenters. The number of carbonyl (C=O) groups is 1. The summed E-state index contributed by atoms with van der Waals surface area (Å²) < 4.78 is 20.9. The maximum absolute atomic E-state index is 14.7. The number of nitrogens with zero attached hydrogens (tertiary/aromatic N) is 7. The highest BCUT2D eigenvalue weighted by Crippen LogP contribution is 2.36. The van der Waals surface area contributed by atoms with E-state index in [-0.39, 0.29) is 30.4 Å². The zero-order chi connectivity index (χ0) is 30.3. The fourth-order valence-corrected chi connectivity index (χ4v) is 7.15. The van der Waals surface area contributed by atoms with Crippen LogP contribution in [0.4, 0.5) is 15.9 Å². The van der Waals surface area contributed by atoms with Crippen LogP contribution < -0.4 is 14.5 Å². The van der Waals surface area contributed by atoms with Crippen LogP contribution in [0.1, 0.15) is 43.5 Å². The third-order valence-corrected chi connectivity index (χ3v) is 9.24. The van der Waals surface area contributed by atoms with Crippen LogP contribution in [-0.2, 0) is 17.8 Å². The van der Waals surface area contributed by atoms with Gasteiger partial charge in [0.1, 0.15) is 18.1 Å². The molecule has 0 N–H and O–H groups in total. The topological polar surface area (TPSA) is 88.8 Å². The Balaban J connectivity index is 1.34. The number of alkyl halides is 1. The van der Waals surface area contributed by atoms with Crippen LogP contribution >= 0.6 is 0 Å². The SMILES string of the molecule is CC(=O)N1CCN(c2nc(OC[C@@H]3CC(C)(F)CN3C)nc3c2CCN(c2cccc4cccc(C)c24)C3)C[C@@H]1CC#N. The Bertz CT molecular complexity index is 1570. The molecule has 6 rings (SSSR count).